The van der Waals surface area contributed by atoms with Crippen LogP contribution in [0.4, 0.5) is 26.3 Å². The third kappa shape index (κ3) is 6.07. The van der Waals surface area contributed by atoms with Crippen LogP contribution in [0.1, 0.15) is 72.0 Å². The number of hydrogen-bond donors (Lipinski definition) is 3. The molecule has 216 valence electrons. The van der Waals surface area contributed by atoms with E-state index in [0.29, 0.717) is 18.7 Å². The van der Waals surface area contributed by atoms with E-state index in [0.717, 1.165) is 30.2 Å². The molecule has 2 amide bonds. The highest BCUT2D eigenvalue weighted by Crippen LogP contribution is 2.51. The predicted molar refractivity (Wildman–Crippen MR) is 131 cm³/mol. The Hall–Kier alpha value is -2.71. The number of rotatable bonds is 7. The highest BCUT2D eigenvalue weighted by Gasteiger charge is 2.71. The summed E-state index contributed by atoms with van der Waals surface area (Å²) in [5, 5.41) is 22.1. The van der Waals surface area contributed by atoms with E-state index >= 15 is 0 Å². The van der Waals surface area contributed by atoms with Crippen molar-refractivity contribution in [1.82, 2.24) is 15.2 Å². The average Bonchev–Trinajstić information content (AvgIpc) is 3.46. The number of halogens is 6. The number of likely N-dealkylation sites (tertiary alicyclic amines) is 1. The minimum Gasteiger partial charge on any atom is -0.389 e. The van der Waals surface area contributed by atoms with Crippen LogP contribution >= 0.6 is 11.3 Å². The van der Waals surface area contributed by atoms with Crippen LogP contribution in [0.5, 0.6) is 0 Å². The molecule has 0 saturated carbocycles. The van der Waals surface area contributed by atoms with E-state index in [-0.39, 0.29) is 45.7 Å². The Morgan fingerprint density at radius 1 is 1.13 bits per heavy atom. The van der Waals surface area contributed by atoms with Gasteiger partial charge in [-0.3, -0.25) is 9.59 Å². The molecule has 1 aliphatic heterocycles. The number of nitrogens with zero attached hydrogens (tertiary/aromatic N) is 2. The molecule has 7 nitrogen and oxygen atoms in total. The number of aliphatic hydroxyl groups is 2. The molecule has 2 heterocycles. The summed E-state index contributed by atoms with van der Waals surface area (Å²) in [5.74, 6) is -1.24. The van der Waals surface area contributed by atoms with Crippen molar-refractivity contribution in [3.05, 3.63) is 40.0 Å². The molecule has 1 saturated heterocycles. The molecular formula is C25H29F6N3O4S. The summed E-state index contributed by atoms with van der Waals surface area (Å²) >= 11 is 0.754. The standard InChI is InChI=1S/C25H29F6N3O4S/c1-5-14-11-15(23(38,24(26,27)28)25(29,30)31)8-9-16(14)18-17(21(36)34-10-6-7-13(34)2)33-20(39-18)19(35)32-12-22(3,4)37/h8-9,11,13,37-38H,5-7,10,12H2,1-4H3,(H,32,35). The van der Waals surface area contributed by atoms with E-state index in [1.807, 2.05) is 6.92 Å². The second-order valence-corrected chi connectivity index (χ2v) is 11.1. The van der Waals surface area contributed by atoms with Crippen LogP contribution < -0.4 is 5.32 Å². The van der Waals surface area contributed by atoms with E-state index in [1.54, 1.807) is 4.90 Å². The van der Waals surface area contributed by atoms with E-state index in [4.69, 9.17) is 0 Å². The number of aryl methyl sites for hydroxylation is 1. The largest absolute Gasteiger partial charge is 0.430 e. The number of amides is 2. The lowest BCUT2D eigenvalue weighted by atomic mass is 9.88. The van der Waals surface area contributed by atoms with E-state index in [1.165, 1.54) is 20.8 Å². The summed E-state index contributed by atoms with van der Waals surface area (Å²) in [7, 11) is 0. The van der Waals surface area contributed by atoms with Gasteiger partial charge in [0.2, 0.25) is 0 Å². The van der Waals surface area contributed by atoms with Crippen LogP contribution in [0.15, 0.2) is 18.2 Å². The molecule has 0 aliphatic carbocycles. The molecule has 3 rings (SSSR count). The Morgan fingerprint density at radius 2 is 1.74 bits per heavy atom. The molecule has 3 N–H and O–H groups in total. The zero-order valence-electron chi connectivity index (χ0n) is 21.6. The van der Waals surface area contributed by atoms with Crippen molar-refractivity contribution in [1.29, 1.82) is 0 Å². The molecule has 39 heavy (non-hydrogen) atoms. The second-order valence-electron chi connectivity index (χ2n) is 10.1. The molecule has 0 radical (unpaired) electrons. The number of hydrogen-bond acceptors (Lipinski definition) is 6. The van der Waals surface area contributed by atoms with Crippen LogP contribution in [0.3, 0.4) is 0 Å². The molecule has 14 heteroatoms. The summed E-state index contributed by atoms with van der Waals surface area (Å²) in [5.41, 5.74) is -7.85. The van der Waals surface area contributed by atoms with Crippen molar-refractivity contribution in [2.75, 3.05) is 13.1 Å². The fourth-order valence-electron chi connectivity index (χ4n) is 4.31. The first-order valence-corrected chi connectivity index (χ1v) is 13.0. The fraction of sp³-hybridized carbons (Fsp3) is 0.560. The number of thiazole rings is 1. The van der Waals surface area contributed by atoms with E-state index in [2.05, 4.69) is 10.3 Å². The van der Waals surface area contributed by atoms with Gasteiger partial charge in [-0.25, -0.2) is 4.98 Å². The first-order chi connectivity index (χ1) is 17.8. The highest BCUT2D eigenvalue weighted by atomic mass is 32.1. The zero-order chi connectivity index (χ0) is 29.6. The van der Waals surface area contributed by atoms with Crippen molar-refractivity contribution in [3.63, 3.8) is 0 Å². The lowest BCUT2D eigenvalue weighted by Gasteiger charge is -2.33. The Bertz CT molecular complexity index is 1220. The summed E-state index contributed by atoms with van der Waals surface area (Å²) < 4.78 is 80.9. The quantitative estimate of drug-likeness (QED) is 0.408. The topological polar surface area (TPSA) is 103 Å². The molecule has 1 fully saturated rings. The number of carbonyl (C=O) groups is 2. The summed E-state index contributed by atoms with van der Waals surface area (Å²) in [6.07, 6.45) is -10.7. The second kappa shape index (κ2) is 10.7. The Morgan fingerprint density at radius 3 is 2.23 bits per heavy atom. The summed E-state index contributed by atoms with van der Waals surface area (Å²) in [6.45, 7) is 6.52. The number of nitrogens with one attached hydrogen (secondary N) is 1. The Kier molecular flexibility index (Phi) is 8.45. The first-order valence-electron chi connectivity index (χ1n) is 12.1. The summed E-state index contributed by atoms with van der Waals surface area (Å²) in [6, 6.07) is 1.95. The lowest BCUT2D eigenvalue weighted by Crippen LogP contribution is -2.53. The maximum Gasteiger partial charge on any atom is 0.430 e. The van der Waals surface area contributed by atoms with Crippen LogP contribution in [0.2, 0.25) is 0 Å². The maximum atomic E-state index is 13.5. The molecule has 1 aromatic heterocycles. The van der Waals surface area contributed by atoms with Crippen LogP contribution in [-0.4, -0.2) is 69.0 Å². The monoisotopic (exact) mass is 581 g/mol. The molecule has 1 atom stereocenters. The van der Waals surface area contributed by atoms with E-state index < -0.39 is 40.9 Å². The van der Waals surface area contributed by atoms with E-state index in [9.17, 15) is 46.1 Å². The van der Waals surface area contributed by atoms with Gasteiger partial charge in [0, 0.05) is 24.7 Å². The highest BCUT2D eigenvalue weighted by molar-refractivity contribution is 7.17. The number of aromatic nitrogens is 1. The third-order valence-corrected chi connectivity index (χ3v) is 7.58. The number of carbonyl (C=O) groups excluding carboxylic acids is 2. The summed E-state index contributed by atoms with van der Waals surface area (Å²) in [4.78, 5) is 32.1. The molecule has 2 aromatic rings. The van der Waals surface area contributed by atoms with Gasteiger partial charge in [0.25, 0.3) is 17.4 Å². The van der Waals surface area contributed by atoms with Crippen LogP contribution in [-0.2, 0) is 12.0 Å². The average molecular weight is 582 g/mol. The van der Waals surface area contributed by atoms with Gasteiger partial charge < -0.3 is 20.4 Å². The van der Waals surface area contributed by atoms with Gasteiger partial charge in [0.15, 0.2) is 5.01 Å². The molecular weight excluding hydrogens is 552 g/mol. The molecule has 1 aromatic carbocycles. The molecule has 1 unspecified atom stereocenters. The lowest BCUT2D eigenvalue weighted by molar-refractivity contribution is -0.376. The van der Waals surface area contributed by atoms with Crippen LogP contribution in [0.25, 0.3) is 10.4 Å². The first kappa shape index (κ1) is 30.8. The SMILES string of the molecule is CCc1cc(C(O)(C(F)(F)F)C(F)(F)F)ccc1-c1sc(C(=O)NCC(C)(C)O)nc1C(=O)N1CCCC1C. The smallest absolute Gasteiger partial charge is 0.389 e. The van der Waals surface area contributed by atoms with Gasteiger partial charge in [-0.15, -0.1) is 11.3 Å². The number of alkyl halides is 6. The minimum absolute atomic E-state index is 0.0185. The molecule has 0 spiro atoms. The van der Waals surface area contributed by atoms with Gasteiger partial charge >= 0.3 is 12.4 Å². The third-order valence-electron chi connectivity index (χ3n) is 6.49. The van der Waals surface area contributed by atoms with Gasteiger partial charge in [-0.1, -0.05) is 25.1 Å². The minimum atomic E-state index is -6.05. The van der Waals surface area contributed by atoms with Gasteiger partial charge in [-0.2, -0.15) is 26.3 Å². The predicted octanol–water partition coefficient (Wildman–Crippen LogP) is 4.81. The van der Waals surface area contributed by atoms with Crippen LogP contribution in [0, 0.1) is 0 Å². The Labute approximate surface area is 224 Å². The van der Waals surface area contributed by atoms with Crippen molar-refractivity contribution in [2.24, 2.45) is 0 Å². The van der Waals surface area contributed by atoms with Crippen molar-refractivity contribution < 1.29 is 46.1 Å². The van der Waals surface area contributed by atoms with Crippen molar-refractivity contribution in [2.45, 2.75) is 76.6 Å². The normalized spacial score (nSPS) is 17.0. The van der Waals surface area contributed by atoms with Gasteiger partial charge in [0.05, 0.1) is 10.5 Å². The molecule has 0 bridgehead atoms. The Balaban J connectivity index is 2.17. The fourth-order valence-corrected chi connectivity index (χ4v) is 5.34. The van der Waals surface area contributed by atoms with Crippen molar-refractivity contribution in [3.8, 4) is 10.4 Å². The zero-order valence-corrected chi connectivity index (χ0v) is 22.4. The number of benzene rings is 1. The van der Waals surface area contributed by atoms with Gasteiger partial charge in [0.1, 0.15) is 5.69 Å². The van der Waals surface area contributed by atoms with Gasteiger partial charge in [-0.05, 0) is 51.2 Å². The maximum absolute atomic E-state index is 13.5. The molecule has 1 aliphatic rings. The van der Waals surface area contributed by atoms with Crippen molar-refractivity contribution >= 4 is 23.2 Å².